The summed E-state index contributed by atoms with van der Waals surface area (Å²) in [5.74, 6) is -0.357. The number of nitrogens with zero attached hydrogens (tertiary/aromatic N) is 2. The standard InChI is InChI=1S/C17H23N3O3/c1-2-3-10-20-14(8-9-19-20)12-23-16-7-5-4-6-13(16)11-15(18)17(21)22/h4-9,15H,2-3,10-12,18H2,1H3,(H,21,22). The van der Waals surface area contributed by atoms with Crippen molar-refractivity contribution >= 4 is 5.97 Å². The van der Waals surface area contributed by atoms with E-state index >= 15 is 0 Å². The molecule has 0 aliphatic carbocycles. The Kier molecular flexibility index (Phi) is 6.17. The first-order chi connectivity index (χ1) is 11.1. The molecule has 1 aromatic heterocycles. The Bertz CT molecular complexity index is 640. The molecular weight excluding hydrogens is 294 g/mol. The van der Waals surface area contributed by atoms with E-state index in [9.17, 15) is 4.79 Å². The van der Waals surface area contributed by atoms with Gasteiger partial charge in [0.25, 0.3) is 0 Å². The van der Waals surface area contributed by atoms with Crippen molar-refractivity contribution in [3.8, 4) is 5.75 Å². The van der Waals surface area contributed by atoms with E-state index in [1.165, 1.54) is 0 Å². The number of carbonyl (C=O) groups is 1. The minimum absolute atomic E-state index is 0.237. The van der Waals surface area contributed by atoms with Gasteiger partial charge in [-0.25, -0.2) is 0 Å². The van der Waals surface area contributed by atoms with Gasteiger partial charge >= 0.3 is 5.97 Å². The van der Waals surface area contributed by atoms with Crippen molar-refractivity contribution < 1.29 is 14.6 Å². The zero-order valence-electron chi connectivity index (χ0n) is 13.3. The molecule has 0 aliphatic heterocycles. The fourth-order valence-corrected chi connectivity index (χ4v) is 2.28. The quantitative estimate of drug-likeness (QED) is 0.740. The number of benzene rings is 1. The molecule has 1 heterocycles. The average Bonchev–Trinajstić information content (AvgIpc) is 2.99. The molecule has 6 heteroatoms. The van der Waals surface area contributed by atoms with Crippen LogP contribution in [-0.4, -0.2) is 26.9 Å². The highest BCUT2D eigenvalue weighted by molar-refractivity contribution is 5.73. The van der Waals surface area contributed by atoms with Crippen molar-refractivity contribution in [3.63, 3.8) is 0 Å². The SMILES string of the molecule is CCCCn1nccc1COc1ccccc1CC(N)C(=O)O. The number of aromatic nitrogens is 2. The number of carboxylic acid groups (broad SMARTS) is 1. The molecule has 0 fully saturated rings. The Morgan fingerprint density at radius 3 is 2.91 bits per heavy atom. The van der Waals surface area contributed by atoms with Crippen LogP contribution < -0.4 is 10.5 Å². The summed E-state index contributed by atoms with van der Waals surface area (Å²) in [5, 5.41) is 13.3. The molecule has 1 atom stereocenters. The first-order valence-electron chi connectivity index (χ1n) is 7.81. The molecule has 23 heavy (non-hydrogen) atoms. The molecule has 2 aromatic rings. The summed E-state index contributed by atoms with van der Waals surface area (Å²) >= 11 is 0. The lowest BCUT2D eigenvalue weighted by atomic mass is 10.1. The van der Waals surface area contributed by atoms with Crippen molar-refractivity contribution in [3.05, 3.63) is 47.8 Å². The third kappa shape index (κ3) is 4.82. The number of aliphatic carboxylic acids is 1. The molecule has 1 aromatic carbocycles. The highest BCUT2D eigenvalue weighted by atomic mass is 16.5. The molecule has 2 rings (SSSR count). The summed E-state index contributed by atoms with van der Waals surface area (Å²) in [6.45, 7) is 3.40. The van der Waals surface area contributed by atoms with E-state index in [1.54, 1.807) is 6.20 Å². The lowest BCUT2D eigenvalue weighted by Crippen LogP contribution is -2.32. The van der Waals surface area contributed by atoms with Gasteiger partial charge in [0.15, 0.2) is 0 Å². The van der Waals surface area contributed by atoms with Crippen LogP contribution in [0.25, 0.3) is 0 Å². The fourth-order valence-electron chi connectivity index (χ4n) is 2.28. The monoisotopic (exact) mass is 317 g/mol. The number of aryl methyl sites for hydroxylation is 1. The van der Waals surface area contributed by atoms with Crippen LogP contribution in [0.15, 0.2) is 36.5 Å². The largest absolute Gasteiger partial charge is 0.487 e. The minimum Gasteiger partial charge on any atom is -0.487 e. The molecule has 1 unspecified atom stereocenters. The van der Waals surface area contributed by atoms with E-state index in [0.717, 1.165) is 30.6 Å². The lowest BCUT2D eigenvalue weighted by Gasteiger charge is -2.14. The van der Waals surface area contributed by atoms with Crippen LogP contribution in [0.4, 0.5) is 0 Å². The number of hydrogen-bond acceptors (Lipinski definition) is 4. The molecule has 0 spiro atoms. The molecule has 6 nitrogen and oxygen atoms in total. The van der Waals surface area contributed by atoms with E-state index < -0.39 is 12.0 Å². The van der Waals surface area contributed by atoms with Gasteiger partial charge in [0.05, 0.1) is 5.69 Å². The number of rotatable bonds is 9. The summed E-state index contributed by atoms with van der Waals surface area (Å²) in [7, 11) is 0. The van der Waals surface area contributed by atoms with Gasteiger partial charge in [0.1, 0.15) is 18.4 Å². The first-order valence-corrected chi connectivity index (χ1v) is 7.81. The van der Waals surface area contributed by atoms with Crippen LogP contribution in [0.1, 0.15) is 31.0 Å². The molecule has 0 saturated heterocycles. The Labute approximate surface area is 135 Å². The Hall–Kier alpha value is -2.34. The van der Waals surface area contributed by atoms with E-state index in [4.69, 9.17) is 15.6 Å². The molecule has 0 radical (unpaired) electrons. The fraction of sp³-hybridized carbons (Fsp3) is 0.412. The van der Waals surface area contributed by atoms with Crippen LogP contribution in [0.3, 0.4) is 0 Å². The van der Waals surface area contributed by atoms with Crippen LogP contribution in [0.2, 0.25) is 0 Å². The predicted octanol–water partition coefficient (Wildman–Crippen LogP) is 2.22. The predicted molar refractivity (Wildman–Crippen MR) is 87.2 cm³/mol. The summed E-state index contributed by atoms with van der Waals surface area (Å²) in [4.78, 5) is 10.9. The normalized spacial score (nSPS) is 12.1. The Morgan fingerprint density at radius 1 is 1.39 bits per heavy atom. The number of ether oxygens (including phenoxy) is 1. The van der Waals surface area contributed by atoms with Crippen LogP contribution in [-0.2, 0) is 24.4 Å². The lowest BCUT2D eigenvalue weighted by molar-refractivity contribution is -0.138. The maximum atomic E-state index is 10.9. The third-order valence-electron chi connectivity index (χ3n) is 3.63. The van der Waals surface area contributed by atoms with Gasteiger partial charge in [0.2, 0.25) is 0 Å². The average molecular weight is 317 g/mol. The van der Waals surface area contributed by atoms with Crippen LogP contribution >= 0.6 is 0 Å². The summed E-state index contributed by atoms with van der Waals surface area (Å²) < 4.78 is 7.81. The van der Waals surface area contributed by atoms with Gasteiger partial charge in [-0.1, -0.05) is 31.5 Å². The van der Waals surface area contributed by atoms with Gasteiger partial charge < -0.3 is 15.6 Å². The van der Waals surface area contributed by atoms with E-state index in [0.29, 0.717) is 12.4 Å². The second-order valence-electron chi connectivity index (χ2n) is 5.44. The number of para-hydroxylation sites is 1. The van der Waals surface area contributed by atoms with Gasteiger partial charge in [-0.3, -0.25) is 9.48 Å². The first kappa shape index (κ1) is 17.0. The Morgan fingerprint density at radius 2 is 2.17 bits per heavy atom. The molecule has 0 bridgehead atoms. The minimum atomic E-state index is -1.02. The zero-order valence-corrected chi connectivity index (χ0v) is 13.3. The van der Waals surface area contributed by atoms with E-state index in [-0.39, 0.29) is 6.42 Å². The number of hydrogen-bond donors (Lipinski definition) is 2. The molecule has 0 amide bonds. The third-order valence-corrected chi connectivity index (χ3v) is 3.63. The Balaban J connectivity index is 2.03. The van der Waals surface area contributed by atoms with Crippen molar-refractivity contribution in [2.45, 2.75) is 45.4 Å². The molecule has 0 aliphatic rings. The summed E-state index contributed by atoms with van der Waals surface area (Å²) in [6, 6.07) is 8.38. The maximum absolute atomic E-state index is 10.9. The van der Waals surface area contributed by atoms with E-state index in [1.807, 2.05) is 35.0 Å². The molecule has 0 saturated carbocycles. The van der Waals surface area contributed by atoms with Gasteiger partial charge in [-0.15, -0.1) is 0 Å². The van der Waals surface area contributed by atoms with Gasteiger partial charge in [-0.05, 0) is 24.1 Å². The van der Waals surface area contributed by atoms with E-state index in [2.05, 4.69) is 12.0 Å². The summed E-state index contributed by atoms with van der Waals surface area (Å²) in [6.07, 6.45) is 4.18. The highest BCUT2D eigenvalue weighted by Crippen LogP contribution is 2.20. The molecule has 124 valence electrons. The number of carboxylic acids is 1. The van der Waals surface area contributed by atoms with Crippen molar-refractivity contribution in [2.75, 3.05) is 0 Å². The highest BCUT2D eigenvalue weighted by Gasteiger charge is 2.15. The number of unbranched alkanes of at least 4 members (excludes halogenated alkanes) is 1. The van der Waals surface area contributed by atoms with Crippen LogP contribution in [0.5, 0.6) is 5.75 Å². The van der Waals surface area contributed by atoms with Crippen molar-refractivity contribution in [1.29, 1.82) is 0 Å². The summed E-state index contributed by atoms with van der Waals surface area (Å²) in [5.41, 5.74) is 7.41. The molecular formula is C17H23N3O3. The zero-order chi connectivity index (χ0) is 16.7. The topological polar surface area (TPSA) is 90.4 Å². The maximum Gasteiger partial charge on any atom is 0.320 e. The van der Waals surface area contributed by atoms with Crippen molar-refractivity contribution in [2.24, 2.45) is 5.73 Å². The smallest absolute Gasteiger partial charge is 0.320 e. The van der Waals surface area contributed by atoms with Crippen molar-refractivity contribution in [1.82, 2.24) is 9.78 Å². The second-order valence-corrected chi connectivity index (χ2v) is 5.44. The van der Waals surface area contributed by atoms with Gasteiger partial charge in [0, 0.05) is 19.2 Å². The van der Waals surface area contributed by atoms with Gasteiger partial charge in [-0.2, -0.15) is 5.10 Å². The second kappa shape index (κ2) is 8.33. The van der Waals surface area contributed by atoms with Crippen LogP contribution in [0, 0.1) is 0 Å². The molecule has 3 N–H and O–H groups in total. The number of nitrogens with two attached hydrogens (primary N) is 1.